The molecule has 6 nitrogen and oxygen atoms in total. The van der Waals surface area contributed by atoms with Gasteiger partial charge < -0.3 is 14.9 Å². The van der Waals surface area contributed by atoms with Gasteiger partial charge in [0.15, 0.2) is 0 Å². The van der Waals surface area contributed by atoms with Gasteiger partial charge in [-0.05, 0) is 37.0 Å². The molecule has 136 valence electrons. The van der Waals surface area contributed by atoms with Crippen LogP contribution in [0.25, 0.3) is 0 Å². The Morgan fingerprint density at radius 3 is 2.80 bits per heavy atom. The monoisotopic (exact) mass is 345 g/mol. The van der Waals surface area contributed by atoms with Crippen LogP contribution in [0.1, 0.15) is 37.7 Å². The number of aliphatic hydroxyl groups excluding tert-OH is 1. The average Bonchev–Trinajstić information content (AvgIpc) is 2.85. The lowest BCUT2D eigenvalue weighted by molar-refractivity contribution is -0.133. The summed E-state index contributed by atoms with van der Waals surface area (Å²) in [5.74, 6) is 0.266. The maximum atomic E-state index is 12.5. The predicted octanol–water partition coefficient (Wildman–Crippen LogP) is 1.24. The van der Waals surface area contributed by atoms with E-state index in [1.807, 2.05) is 17.0 Å². The summed E-state index contributed by atoms with van der Waals surface area (Å²) in [6.07, 6.45) is 7.77. The molecule has 0 radical (unpaired) electrons. The highest BCUT2D eigenvalue weighted by Gasteiger charge is 2.34. The van der Waals surface area contributed by atoms with Crippen molar-refractivity contribution < 1.29 is 14.7 Å². The van der Waals surface area contributed by atoms with Crippen LogP contribution in [0, 0.1) is 5.92 Å². The zero-order valence-electron chi connectivity index (χ0n) is 14.6. The van der Waals surface area contributed by atoms with Crippen LogP contribution in [0.3, 0.4) is 0 Å². The molecular weight excluding hydrogens is 318 g/mol. The smallest absolute Gasteiger partial charge is 0.224 e. The van der Waals surface area contributed by atoms with Crippen LogP contribution >= 0.6 is 0 Å². The molecule has 2 aliphatic heterocycles. The molecule has 2 fully saturated rings. The van der Waals surface area contributed by atoms with E-state index in [1.165, 1.54) is 0 Å². The molecule has 1 aromatic rings. The molecule has 0 bridgehead atoms. The molecule has 2 amide bonds. The molecule has 2 aliphatic rings. The van der Waals surface area contributed by atoms with Gasteiger partial charge in [0, 0.05) is 57.3 Å². The zero-order chi connectivity index (χ0) is 17.6. The Morgan fingerprint density at radius 1 is 1.20 bits per heavy atom. The van der Waals surface area contributed by atoms with Gasteiger partial charge in [0.25, 0.3) is 0 Å². The van der Waals surface area contributed by atoms with Gasteiger partial charge in [0.05, 0.1) is 6.10 Å². The van der Waals surface area contributed by atoms with Crippen molar-refractivity contribution >= 4 is 11.8 Å². The van der Waals surface area contributed by atoms with Crippen LogP contribution in [0.15, 0.2) is 24.5 Å². The van der Waals surface area contributed by atoms with Crippen molar-refractivity contribution in [2.45, 2.75) is 44.6 Å². The van der Waals surface area contributed by atoms with Gasteiger partial charge in [-0.25, -0.2) is 0 Å². The van der Waals surface area contributed by atoms with E-state index in [4.69, 9.17) is 0 Å². The normalized spacial score (nSPS) is 24.4. The van der Waals surface area contributed by atoms with E-state index in [2.05, 4.69) is 4.98 Å². The molecule has 6 heteroatoms. The molecule has 2 saturated heterocycles. The second kappa shape index (κ2) is 8.43. The summed E-state index contributed by atoms with van der Waals surface area (Å²) in [4.78, 5) is 32.1. The summed E-state index contributed by atoms with van der Waals surface area (Å²) in [6.45, 7) is 2.23. The van der Waals surface area contributed by atoms with E-state index in [0.29, 0.717) is 32.5 Å². The Hall–Kier alpha value is -1.95. The minimum absolute atomic E-state index is 0.0355. The van der Waals surface area contributed by atoms with Gasteiger partial charge in [0.2, 0.25) is 11.8 Å². The van der Waals surface area contributed by atoms with Gasteiger partial charge in [-0.1, -0.05) is 6.42 Å². The SMILES string of the molecule is O=C1CCCCCN1CCC(=O)N1C[C@@H](Cc2ccncc2)[C@@H](O)C1. The summed E-state index contributed by atoms with van der Waals surface area (Å²) in [7, 11) is 0. The second-order valence-electron chi connectivity index (χ2n) is 7.13. The van der Waals surface area contributed by atoms with Crippen molar-refractivity contribution in [3.05, 3.63) is 30.1 Å². The number of nitrogens with zero attached hydrogens (tertiary/aromatic N) is 3. The first kappa shape index (κ1) is 17.9. The Balaban J connectivity index is 1.48. The highest BCUT2D eigenvalue weighted by Crippen LogP contribution is 2.22. The zero-order valence-corrected chi connectivity index (χ0v) is 14.6. The van der Waals surface area contributed by atoms with Crippen LogP contribution in [-0.2, 0) is 16.0 Å². The third-order valence-electron chi connectivity index (χ3n) is 5.27. The Labute approximate surface area is 148 Å². The second-order valence-corrected chi connectivity index (χ2v) is 7.13. The van der Waals surface area contributed by atoms with Crippen molar-refractivity contribution in [2.75, 3.05) is 26.2 Å². The van der Waals surface area contributed by atoms with Crippen LogP contribution in [0.4, 0.5) is 0 Å². The fourth-order valence-corrected chi connectivity index (χ4v) is 3.74. The predicted molar refractivity (Wildman–Crippen MR) is 93.7 cm³/mol. The van der Waals surface area contributed by atoms with E-state index >= 15 is 0 Å². The minimum atomic E-state index is -0.489. The number of pyridine rings is 1. The molecule has 0 saturated carbocycles. The van der Waals surface area contributed by atoms with Crippen LogP contribution < -0.4 is 0 Å². The topological polar surface area (TPSA) is 73.7 Å². The molecule has 1 N–H and O–H groups in total. The largest absolute Gasteiger partial charge is 0.391 e. The number of carbonyl (C=O) groups is 2. The van der Waals surface area contributed by atoms with E-state index in [9.17, 15) is 14.7 Å². The summed E-state index contributed by atoms with van der Waals surface area (Å²) < 4.78 is 0. The molecule has 1 aromatic heterocycles. The molecular formula is C19H27N3O3. The Bertz CT molecular complexity index is 593. The quantitative estimate of drug-likeness (QED) is 0.871. The third-order valence-corrected chi connectivity index (χ3v) is 5.27. The van der Waals surface area contributed by atoms with Gasteiger partial charge in [-0.15, -0.1) is 0 Å². The maximum Gasteiger partial charge on any atom is 0.224 e. The van der Waals surface area contributed by atoms with Crippen molar-refractivity contribution in [3.63, 3.8) is 0 Å². The standard InChI is InChI=1S/C19H27N3O3/c23-17-14-22(13-16(17)12-15-5-8-20-9-6-15)19(25)7-11-21-10-3-1-2-4-18(21)24/h5-6,8-9,16-17,23H,1-4,7,10-14H2/t16-,17+/m1/s1. The lowest BCUT2D eigenvalue weighted by Gasteiger charge is -2.22. The first-order chi connectivity index (χ1) is 12.1. The van der Waals surface area contributed by atoms with Crippen molar-refractivity contribution in [2.24, 2.45) is 5.92 Å². The van der Waals surface area contributed by atoms with Crippen LogP contribution in [-0.4, -0.2) is 64.0 Å². The van der Waals surface area contributed by atoms with E-state index in [0.717, 1.165) is 37.8 Å². The molecule has 3 heterocycles. The Kier molecular flexibility index (Phi) is 6.02. The summed E-state index contributed by atoms with van der Waals surface area (Å²) >= 11 is 0. The molecule has 0 spiro atoms. The van der Waals surface area contributed by atoms with Crippen LogP contribution in [0.2, 0.25) is 0 Å². The van der Waals surface area contributed by atoms with E-state index in [1.54, 1.807) is 17.3 Å². The highest BCUT2D eigenvalue weighted by molar-refractivity contribution is 5.79. The number of rotatable bonds is 5. The lowest BCUT2D eigenvalue weighted by Crippen LogP contribution is -2.36. The van der Waals surface area contributed by atoms with E-state index in [-0.39, 0.29) is 17.7 Å². The van der Waals surface area contributed by atoms with Gasteiger partial charge >= 0.3 is 0 Å². The third kappa shape index (κ3) is 4.78. The Morgan fingerprint density at radius 2 is 2.00 bits per heavy atom. The molecule has 3 rings (SSSR count). The number of hydrogen-bond acceptors (Lipinski definition) is 4. The first-order valence-corrected chi connectivity index (χ1v) is 9.26. The van der Waals surface area contributed by atoms with Gasteiger partial charge in [-0.2, -0.15) is 0 Å². The fraction of sp³-hybridized carbons (Fsp3) is 0.632. The van der Waals surface area contributed by atoms with Crippen molar-refractivity contribution in [1.82, 2.24) is 14.8 Å². The number of hydrogen-bond donors (Lipinski definition) is 1. The first-order valence-electron chi connectivity index (χ1n) is 9.26. The van der Waals surface area contributed by atoms with Crippen molar-refractivity contribution in [1.29, 1.82) is 0 Å². The fourth-order valence-electron chi connectivity index (χ4n) is 3.74. The number of β-amino-alcohol motifs (C(OH)–C–C–N with tert-alkyl or cyclic N) is 1. The number of aliphatic hydroxyl groups is 1. The van der Waals surface area contributed by atoms with Gasteiger partial charge in [0.1, 0.15) is 0 Å². The molecule has 25 heavy (non-hydrogen) atoms. The lowest BCUT2D eigenvalue weighted by atomic mass is 9.97. The summed E-state index contributed by atoms with van der Waals surface area (Å²) in [6, 6.07) is 3.89. The molecule has 2 atom stereocenters. The summed E-state index contributed by atoms with van der Waals surface area (Å²) in [5, 5.41) is 10.3. The minimum Gasteiger partial charge on any atom is -0.391 e. The number of amides is 2. The van der Waals surface area contributed by atoms with E-state index < -0.39 is 6.10 Å². The van der Waals surface area contributed by atoms with Crippen molar-refractivity contribution in [3.8, 4) is 0 Å². The van der Waals surface area contributed by atoms with Crippen LogP contribution in [0.5, 0.6) is 0 Å². The number of aromatic nitrogens is 1. The van der Waals surface area contributed by atoms with Gasteiger partial charge in [-0.3, -0.25) is 14.6 Å². The maximum absolute atomic E-state index is 12.5. The molecule has 0 aliphatic carbocycles. The highest BCUT2D eigenvalue weighted by atomic mass is 16.3. The molecule has 0 unspecified atom stereocenters. The number of likely N-dealkylation sites (tertiary alicyclic amines) is 2. The number of carbonyl (C=O) groups excluding carboxylic acids is 2. The average molecular weight is 345 g/mol. The molecule has 0 aromatic carbocycles. The summed E-state index contributed by atoms with van der Waals surface area (Å²) in [5.41, 5.74) is 1.13.